The molecule has 4 aromatic rings. The Morgan fingerprint density at radius 2 is 2.03 bits per heavy atom. The molecule has 1 fully saturated rings. The van der Waals surface area contributed by atoms with E-state index in [1.54, 1.807) is 11.1 Å². The average Bonchev–Trinajstić information content (AvgIpc) is 3.31. The first-order valence-corrected chi connectivity index (χ1v) is 11.0. The predicted octanol–water partition coefficient (Wildman–Crippen LogP) is 3.68. The molecule has 4 N–H and O–H groups in total. The van der Waals surface area contributed by atoms with Gasteiger partial charge in [0.25, 0.3) is 0 Å². The zero-order valence-electron chi connectivity index (χ0n) is 17.9. The molecule has 33 heavy (non-hydrogen) atoms. The third-order valence-electron chi connectivity index (χ3n) is 6.10. The Morgan fingerprint density at radius 3 is 2.88 bits per heavy atom. The highest BCUT2D eigenvalue weighted by atomic mass is 35.5. The van der Waals surface area contributed by atoms with Crippen molar-refractivity contribution >= 4 is 56.7 Å². The molecule has 10 heteroatoms. The van der Waals surface area contributed by atoms with Crippen LogP contribution in [0.25, 0.3) is 21.8 Å². The minimum atomic E-state index is -0.734. The number of nitrogens with zero attached hydrogens (tertiary/aromatic N) is 4. The van der Waals surface area contributed by atoms with Gasteiger partial charge in [0.1, 0.15) is 5.82 Å². The molecule has 0 saturated carbocycles. The smallest absolute Gasteiger partial charge is 0.314 e. The standard InChI is InChI=1S/C23H22ClN7O2/c1-12-2-5-19(14-4-3-13-6-15(24)8-26-17(13)7-14)31(11-12)23(33)22(32)29-18-10-27-21(25)16-9-28-30-20(16)18/h3-4,6-10,12,19H,2,5,11H2,1H3,(H2,25,27)(H,28,30)(H,29,32). The summed E-state index contributed by atoms with van der Waals surface area (Å²) >= 11 is 6.05. The van der Waals surface area contributed by atoms with Crippen molar-refractivity contribution in [1.29, 1.82) is 0 Å². The van der Waals surface area contributed by atoms with E-state index in [2.05, 4.69) is 32.4 Å². The van der Waals surface area contributed by atoms with Crippen molar-refractivity contribution in [3.63, 3.8) is 0 Å². The van der Waals surface area contributed by atoms with E-state index in [0.717, 1.165) is 29.3 Å². The molecule has 2 atom stereocenters. The van der Waals surface area contributed by atoms with Crippen LogP contribution >= 0.6 is 11.6 Å². The van der Waals surface area contributed by atoms with E-state index in [4.69, 9.17) is 17.3 Å². The summed E-state index contributed by atoms with van der Waals surface area (Å²) in [5.74, 6) is -0.755. The quantitative estimate of drug-likeness (QED) is 0.389. The molecule has 2 amide bonds. The summed E-state index contributed by atoms with van der Waals surface area (Å²) in [7, 11) is 0. The summed E-state index contributed by atoms with van der Waals surface area (Å²) in [4.78, 5) is 36.4. The lowest BCUT2D eigenvalue weighted by molar-refractivity contribution is -0.146. The number of carbonyl (C=O) groups excluding carboxylic acids is 2. The second kappa shape index (κ2) is 8.32. The molecule has 2 unspecified atom stereocenters. The first-order chi connectivity index (χ1) is 15.9. The zero-order chi connectivity index (χ0) is 23.1. The SMILES string of the molecule is CC1CCC(c2ccc3cc(Cl)cnc3c2)N(C(=O)C(=O)Nc2cnc(N)c3cn[nH]c23)C1. The van der Waals surface area contributed by atoms with Gasteiger partial charge in [0, 0.05) is 18.1 Å². The molecule has 0 aliphatic carbocycles. The van der Waals surface area contributed by atoms with Crippen LogP contribution < -0.4 is 11.1 Å². The number of likely N-dealkylation sites (tertiary alicyclic amines) is 1. The molecule has 0 spiro atoms. The van der Waals surface area contributed by atoms with Crippen LogP contribution in [-0.4, -0.2) is 43.4 Å². The Bertz CT molecular complexity index is 1390. The number of carbonyl (C=O) groups is 2. The third-order valence-corrected chi connectivity index (χ3v) is 6.30. The van der Waals surface area contributed by atoms with Crippen LogP contribution in [0.3, 0.4) is 0 Å². The summed E-state index contributed by atoms with van der Waals surface area (Å²) in [6.45, 7) is 2.57. The molecule has 1 saturated heterocycles. The number of aromatic nitrogens is 4. The second-order valence-corrected chi connectivity index (χ2v) is 8.87. The van der Waals surface area contributed by atoms with Crippen molar-refractivity contribution in [3.8, 4) is 0 Å². The van der Waals surface area contributed by atoms with Crippen LogP contribution in [0.15, 0.2) is 42.9 Å². The molecule has 1 aromatic carbocycles. The Balaban J connectivity index is 1.43. The van der Waals surface area contributed by atoms with E-state index >= 15 is 0 Å². The number of nitrogens with two attached hydrogens (primary N) is 1. The number of benzene rings is 1. The number of fused-ring (bicyclic) bond motifs is 2. The number of H-pyrrole nitrogens is 1. The first-order valence-electron chi connectivity index (χ1n) is 10.7. The summed E-state index contributed by atoms with van der Waals surface area (Å²) in [6, 6.07) is 7.50. The van der Waals surface area contributed by atoms with Gasteiger partial charge in [0.2, 0.25) is 0 Å². The highest BCUT2D eigenvalue weighted by Crippen LogP contribution is 2.35. The Labute approximate surface area is 194 Å². The molecule has 5 rings (SSSR count). The lowest BCUT2D eigenvalue weighted by Crippen LogP contribution is -2.46. The Morgan fingerprint density at radius 1 is 1.18 bits per heavy atom. The third kappa shape index (κ3) is 3.95. The maximum Gasteiger partial charge on any atom is 0.314 e. The van der Waals surface area contributed by atoms with E-state index in [1.807, 2.05) is 24.3 Å². The van der Waals surface area contributed by atoms with Crippen LogP contribution in [-0.2, 0) is 9.59 Å². The number of amides is 2. The zero-order valence-corrected chi connectivity index (χ0v) is 18.6. The van der Waals surface area contributed by atoms with E-state index in [0.29, 0.717) is 34.0 Å². The number of nitrogen functional groups attached to an aromatic ring is 1. The number of rotatable bonds is 2. The molecule has 168 valence electrons. The van der Waals surface area contributed by atoms with Gasteiger partial charge < -0.3 is 16.0 Å². The van der Waals surface area contributed by atoms with Crippen LogP contribution in [0.4, 0.5) is 11.5 Å². The summed E-state index contributed by atoms with van der Waals surface area (Å²) in [5.41, 5.74) is 8.46. The molecule has 1 aliphatic heterocycles. The number of hydrogen-bond donors (Lipinski definition) is 3. The lowest BCUT2D eigenvalue weighted by Gasteiger charge is -2.38. The van der Waals surface area contributed by atoms with Crippen molar-refractivity contribution < 1.29 is 9.59 Å². The monoisotopic (exact) mass is 463 g/mol. The number of anilines is 2. The number of hydrogen-bond acceptors (Lipinski definition) is 6. The molecular weight excluding hydrogens is 442 g/mol. The predicted molar refractivity (Wildman–Crippen MR) is 127 cm³/mol. The van der Waals surface area contributed by atoms with E-state index in [9.17, 15) is 9.59 Å². The molecule has 9 nitrogen and oxygen atoms in total. The maximum atomic E-state index is 13.3. The number of nitrogens with one attached hydrogen (secondary N) is 2. The first kappa shape index (κ1) is 21.1. The van der Waals surface area contributed by atoms with Gasteiger partial charge in [-0.1, -0.05) is 30.7 Å². The van der Waals surface area contributed by atoms with Crippen LogP contribution in [0.5, 0.6) is 0 Å². The number of pyridine rings is 2. The number of piperidine rings is 1. The van der Waals surface area contributed by atoms with Gasteiger partial charge in [-0.2, -0.15) is 5.10 Å². The molecule has 4 heterocycles. The van der Waals surface area contributed by atoms with Crippen molar-refractivity contribution in [2.24, 2.45) is 5.92 Å². The van der Waals surface area contributed by atoms with Crippen molar-refractivity contribution in [1.82, 2.24) is 25.1 Å². The van der Waals surface area contributed by atoms with Gasteiger partial charge in [-0.15, -0.1) is 0 Å². The maximum absolute atomic E-state index is 13.3. The fourth-order valence-electron chi connectivity index (χ4n) is 4.40. The summed E-state index contributed by atoms with van der Waals surface area (Å²) in [6.07, 6.45) is 6.26. The largest absolute Gasteiger partial charge is 0.383 e. The molecular formula is C23H22ClN7O2. The van der Waals surface area contributed by atoms with Gasteiger partial charge in [-0.25, -0.2) is 4.98 Å². The van der Waals surface area contributed by atoms with E-state index in [1.165, 1.54) is 12.4 Å². The highest BCUT2D eigenvalue weighted by molar-refractivity contribution is 6.40. The van der Waals surface area contributed by atoms with Crippen LogP contribution in [0, 0.1) is 5.92 Å². The number of halogens is 1. The average molecular weight is 464 g/mol. The van der Waals surface area contributed by atoms with Gasteiger partial charge in [0.05, 0.1) is 45.6 Å². The minimum absolute atomic E-state index is 0.224. The molecule has 0 bridgehead atoms. The van der Waals surface area contributed by atoms with Gasteiger partial charge in [-0.05, 0) is 36.5 Å². The molecule has 3 aromatic heterocycles. The topological polar surface area (TPSA) is 130 Å². The normalized spacial score (nSPS) is 18.5. The Kier molecular flexibility index (Phi) is 5.33. The lowest BCUT2D eigenvalue weighted by atomic mass is 9.89. The Hall–Kier alpha value is -3.72. The van der Waals surface area contributed by atoms with Crippen molar-refractivity contribution in [3.05, 3.63) is 53.4 Å². The van der Waals surface area contributed by atoms with Gasteiger partial charge in [-0.3, -0.25) is 19.7 Å². The second-order valence-electron chi connectivity index (χ2n) is 8.43. The molecule has 0 radical (unpaired) electrons. The summed E-state index contributed by atoms with van der Waals surface area (Å²) < 4.78 is 0. The van der Waals surface area contributed by atoms with Crippen molar-refractivity contribution in [2.75, 3.05) is 17.6 Å². The fraction of sp³-hybridized carbons (Fsp3) is 0.261. The van der Waals surface area contributed by atoms with E-state index in [-0.39, 0.29) is 12.0 Å². The van der Waals surface area contributed by atoms with E-state index < -0.39 is 11.8 Å². The highest BCUT2D eigenvalue weighted by Gasteiger charge is 2.34. The van der Waals surface area contributed by atoms with Crippen molar-refractivity contribution in [2.45, 2.75) is 25.8 Å². The van der Waals surface area contributed by atoms with Gasteiger partial charge >= 0.3 is 11.8 Å². The molecule has 1 aliphatic rings. The number of aromatic amines is 1. The summed E-state index contributed by atoms with van der Waals surface area (Å²) in [5, 5.41) is 11.5. The fourth-order valence-corrected chi connectivity index (χ4v) is 4.56. The minimum Gasteiger partial charge on any atom is -0.383 e. The van der Waals surface area contributed by atoms with Gasteiger partial charge in [0.15, 0.2) is 0 Å². The van der Waals surface area contributed by atoms with Crippen LogP contribution in [0.1, 0.15) is 31.4 Å². The van der Waals surface area contributed by atoms with Crippen LogP contribution in [0.2, 0.25) is 5.02 Å².